The average Bonchev–Trinajstić information content (AvgIpc) is 2.71. The van der Waals surface area contributed by atoms with E-state index in [-0.39, 0.29) is 16.5 Å². The Kier molecular flexibility index (Phi) is 7.22. The Morgan fingerprint density at radius 1 is 0.935 bits per heavy atom. The van der Waals surface area contributed by atoms with E-state index in [1.165, 1.54) is 48.5 Å². The first-order chi connectivity index (χ1) is 14.8. The van der Waals surface area contributed by atoms with Crippen molar-refractivity contribution in [2.24, 2.45) is 0 Å². The van der Waals surface area contributed by atoms with E-state index in [9.17, 15) is 13.2 Å². The molecule has 0 atom stereocenters. The fourth-order valence-corrected chi connectivity index (χ4v) is 4.26. The van der Waals surface area contributed by atoms with Crippen molar-refractivity contribution in [3.8, 4) is 5.75 Å². The molecular formula is C22H18Cl2N2O4S. The van der Waals surface area contributed by atoms with Crippen LogP contribution in [0.3, 0.4) is 0 Å². The molecule has 9 heteroatoms. The molecule has 0 fully saturated rings. The predicted octanol–water partition coefficient (Wildman–Crippen LogP) is 5.45. The van der Waals surface area contributed by atoms with E-state index >= 15 is 0 Å². The summed E-state index contributed by atoms with van der Waals surface area (Å²) >= 11 is 11.8. The SMILES string of the molecule is COc1ccccc1/C=C/C(=O)Nc1ccc(S(=O)(=O)Nc2cc(Cl)cc(Cl)c2)cc1. The zero-order valence-corrected chi connectivity index (χ0v) is 18.6. The fourth-order valence-electron chi connectivity index (χ4n) is 2.70. The molecular weight excluding hydrogens is 459 g/mol. The highest BCUT2D eigenvalue weighted by Crippen LogP contribution is 2.25. The van der Waals surface area contributed by atoms with Crippen LogP contribution in [-0.4, -0.2) is 21.4 Å². The molecule has 0 saturated heterocycles. The second-order valence-electron chi connectivity index (χ2n) is 6.35. The quantitative estimate of drug-likeness (QED) is 0.443. The predicted molar refractivity (Wildman–Crippen MR) is 124 cm³/mol. The molecule has 6 nitrogen and oxygen atoms in total. The molecule has 0 aromatic heterocycles. The Morgan fingerprint density at radius 3 is 2.23 bits per heavy atom. The van der Waals surface area contributed by atoms with Crippen molar-refractivity contribution in [3.63, 3.8) is 0 Å². The summed E-state index contributed by atoms with van der Waals surface area (Å²) in [7, 11) is -2.30. The molecule has 0 bridgehead atoms. The molecule has 0 aliphatic carbocycles. The number of hydrogen-bond acceptors (Lipinski definition) is 4. The number of amides is 1. The van der Waals surface area contributed by atoms with E-state index in [1.807, 2.05) is 18.2 Å². The molecule has 0 radical (unpaired) electrons. The molecule has 1 amide bonds. The van der Waals surface area contributed by atoms with Gasteiger partial charge in [-0.05, 0) is 54.6 Å². The zero-order chi connectivity index (χ0) is 22.4. The van der Waals surface area contributed by atoms with Gasteiger partial charge < -0.3 is 10.1 Å². The average molecular weight is 477 g/mol. The van der Waals surface area contributed by atoms with Gasteiger partial charge in [0.2, 0.25) is 5.91 Å². The van der Waals surface area contributed by atoms with Gasteiger partial charge in [0.25, 0.3) is 10.0 Å². The van der Waals surface area contributed by atoms with Crippen LogP contribution < -0.4 is 14.8 Å². The lowest BCUT2D eigenvalue weighted by atomic mass is 10.2. The maximum absolute atomic E-state index is 12.6. The zero-order valence-electron chi connectivity index (χ0n) is 16.3. The Bertz CT molecular complexity index is 1210. The number of hydrogen-bond donors (Lipinski definition) is 2. The van der Waals surface area contributed by atoms with Gasteiger partial charge >= 0.3 is 0 Å². The molecule has 3 aromatic rings. The van der Waals surface area contributed by atoms with Gasteiger partial charge in [-0.1, -0.05) is 41.4 Å². The number of halogens is 2. The topological polar surface area (TPSA) is 84.5 Å². The van der Waals surface area contributed by atoms with Crippen molar-refractivity contribution < 1.29 is 17.9 Å². The molecule has 0 saturated carbocycles. The van der Waals surface area contributed by atoms with Crippen LogP contribution in [0.25, 0.3) is 6.08 Å². The first-order valence-corrected chi connectivity index (χ1v) is 11.2. The Morgan fingerprint density at radius 2 is 1.58 bits per heavy atom. The first-order valence-electron chi connectivity index (χ1n) is 8.98. The second-order valence-corrected chi connectivity index (χ2v) is 8.91. The number of sulfonamides is 1. The number of carbonyl (C=O) groups is 1. The minimum absolute atomic E-state index is 0.0196. The molecule has 31 heavy (non-hydrogen) atoms. The third-order valence-corrected chi connectivity index (χ3v) is 5.93. The second kappa shape index (κ2) is 9.87. The lowest BCUT2D eigenvalue weighted by Gasteiger charge is -2.10. The summed E-state index contributed by atoms with van der Waals surface area (Å²) in [5.74, 6) is 0.280. The van der Waals surface area contributed by atoms with Crippen LogP contribution in [0.4, 0.5) is 11.4 Å². The van der Waals surface area contributed by atoms with Crippen LogP contribution in [0.15, 0.2) is 77.7 Å². The summed E-state index contributed by atoms with van der Waals surface area (Å²) < 4.78 is 32.8. The van der Waals surface area contributed by atoms with E-state index in [0.29, 0.717) is 21.5 Å². The van der Waals surface area contributed by atoms with Crippen molar-refractivity contribution in [1.82, 2.24) is 0 Å². The number of para-hydroxylation sites is 1. The number of ether oxygens (including phenoxy) is 1. The van der Waals surface area contributed by atoms with Gasteiger partial charge in [-0.25, -0.2) is 8.42 Å². The van der Waals surface area contributed by atoms with Gasteiger partial charge in [0, 0.05) is 27.4 Å². The Balaban J connectivity index is 1.68. The van der Waals surface area contributed by atoms with Crippen molar-refractivity contribution >= 4 is 56.6 Å². The van der Waals surface area contributed by atoms with E-state index < -0.39 is 10.0 Å². The highest BCUT2D eigenvalue weighted by molar-refractivity contribution is 7.92. The van der Waals surface area contributed by atoms with Gasteiger partial charge in [0.15, 0.2) is 0 Å². The van der Waals surface area contributed by atoms with E-state index in [0.717, 1.165) is 5.56 Å². The van der Waals surface area contributed by atoms with E-state index in [2.05, 4.69) is 10.0 Å². The third kappa shape index (κ3) is 6.24. The summed E-state index contributed by atoms with van der Waals surface area (Å²) in [6, 6.07) is 17.4. The Hall–Kier alpha value is -3.00. The number of methoxy groups -OCH3 is 1. The molecule has 0 heterocycles. The number of benzene rings is 3. The highest BCUT2D eigenvalue weighted by Gasteiger charge is 2.15. The molecule has 2 N–H and O–H groups in total. The van der Waals surface area contributed by atoms with Gasteiger partial charge in [-0.3, -0.25) is 9.52 Å². The van der Waals surface area contributed by atoms with Crippen LogP contribution in [0.2, 0.25) is 10.0 Å². The summed E-state index contributed by atoms with van der Waals surface area (Å²) in [6.45, 7) is 0. The molecule has 0 spiro atoms. The van der Waals surface area contributed by atoms with Crippen LogP contribution in [0, 0.1) is 0 Å². The van der Waals surface area contributed by atoms with Gasteiger partial charge in [0.05, 0.1) is 17.7 Å². The van der Waals surface area contributed by atoms with Gasteiger partial charge in [0.1, 0.15) is 5.75 Å². The number of rotatable bonds is 7. The van der Waals surface area contributed by atoms with Gasteiger partial charge in [-0.15, -0.1) is 0 Å². The van der Waals surface area contributed by atoms with E-state index in [4.69, 9.17) is 27.9 Å². The van der Waals surface area contributed by atoms with E-state index in [1.54, 1.807) is 19.3 Å². The molecule has 0 aliphatic rings. The van der Waals surface area contributed by atoms with Crippen LogP contribution >= 0.6 is 23.2 Å². The third-order valence-electron chi connectivity index (χ3n) is 4.10. The maximum atomic E-state index is 12.6. The van der Waals surface area contributed by atoms with Crippen molar-refractivity contribution in [1.29, 1.82) is 0 Å². The smallest absolute Gasteiger partial charge is 0.261 e. The summed E-state index contributed by atoms with van der Waals surface area (Å²) in [6.07, 6.45) is 3.00. The summed E-state index contributed by atoms with van der Waals surface area (Å²) in [5.41, 5.74) is 1.45. The van der Waals surface area contributed by atoms with Crippen molar-refractivity contribution in [2.75, 3.05) is 17.1 Å². The monoisotopic (exact) mass is 476 g/mol. The lowest BCUT2D eigenvalue weighted by molar-refractivity contribution is -0.111. The van der Waals surface area contributed by atoms with Crippen LogP contribution in [0.5, 0.6) is 5.75 Å². The lowest BCUT2D eigenvalue weighted by Crippen LogP contribution is -2.13. The Labute approximate surface area is 190 Å². The molecule has 0 aliphatic heterocycles. The normalized spacial score (nSPS) is 11.3. The largest absolute Gasteiger partial charge is 0.496 e. The number of carbonyl (C=O) groups excluding carboxylic acids is 1. The standard InChI is InChI=1S/C22H18Cl2N2O4S/c1-30-21-5-3-2-4-15(21)6-11-22(27)25-18-7-9-20(10-8-18)31(28,29)26-19-13-16(23)12-17(24)14-19/h2-14,26H,1H3,(H,25,27)/b11-6+. The minimum Gasteiger partial charge on any atom is -0.496 e. The van der Waals surface area contributed by atoms with Crippen LogP contribution in [-0.2, 0) is 14.8 Å². The molecule has 0 unspecified atom stereocenters. The summed E-state index contributed by atoms with van der Waals surface area (Å²) in [5, 5.41) is 3.30. The molecule has 3 aromatic carbocycles. The fraction of sp³-hybridized carbons (Fsp3) is 0.0455. The maximum Gasteiger partial charge on any atom is 0.261 e. The minimum atomic E-state index is -3.85. The highest BCUT2D eigenvalue weighted by atomic mass is 35.5. The molecule has 3 rings (SSSR count). The number of nitrogens with one attached hydrogen (secondary N) is 2. The first kappa shape index (κ1) is 22.7. The number of anilines is 2. The molecule has 160 valence electrons. The van der Waals surface area contributed by atoms with Crippen LogP contribution in [0.1, 0.15) is 5.56 Å². The van der Waals surface area contributed by atoms with Gasteiger partial charge in [-0.2, -0.15) is 0 Å². The summed E-state index contributed by atoms with van der Waals surface area (Å²) in [4.78, 5) is 12.2. The van der Waals surface area contributed by atoms with Crippen molar-refractivity contribution in [2.45, 2.75) is 4.90 Å². The van der Waals surface area contributed by atoms with Crippen molar-refractivity contribution in [3.05, 3.63) is 88.4 Å².